The summed E-state index contributed by atoms with van der Waals surface area (Å²) in [6.07, 6.45) is 0. The van der Waals surface area contributed by atoms with Gasteiger partial charge in [0.2, 0.25) is 0 Å². The highest BCUT2D eigenvalue weighted by Crippen LogP contribution is 2.25. The third-order valence-electron chi connectivity index (χ3n) is 3.27. The van der Waals surface area contributed by atoms with Crippen LogP contribution >= 0.6 is 0 Å². The molecule has 1 aromatic carbocycles. The Bertz CT molecular complexity index is 466. The summed E-state index contributed by atoms with van der Waals surface area (Å²) in [5, 5.41) is 3.43. The third-order valence-corrected chi connectivity index (χ3v) is 5.21. The molecular formula is C16H27NO2S. The molecule has 1 N–H and O–H groups in total. The summed E-state index contributed by atoms with van der Waals surface area (Å²) in [5.74, 6) is 1.56. The smallest absolute Gasteiger partial charge is 0.123 e. The normalized spacial score (nSPS) is 14.9. The lowest BCUT2D eigenvalue weighted by molar-refractivity contribution is 0.402. The van der Waals surface area contributed by atoms with E-state index in [2.05, 4.69) is 25.2 Å². The van der Waals surface area contributed by atoms with Gasteiger partial charge in [-0.25, -0.2) is 0 Å². The lowest BCUT2D eigenvalue weighted by Crippen LogP contribution is -2.31. The van der Waals surface area contributed by atoms with Crippen LogP contribution in [0.5, 0.6) is 5.75 Å². The zero-order chi connectivity index (χ0) is 15.3. The maximum Gasteiger partial charge on any atom is 0.123 e. The summed E-state index contributed by atoms with van der Waals surface area (Å²) in [5.41, 5.74) is 2.36. The molecule has 0 spiro atoms. The molecule has 0 bridgehead atoms. The third kappa shape index (κ3) is 4.91. The first kappa shape index (κ1) is 17.2. The largest absolute Gasteiger partial charge is 0.496 e. The molecule has 114 valence electrons. The molecule has 0 aromatic heterocycles. The fourth-order valence-corrected chi connectivity index (χ4v) is 2.89. The average molecular weight is 297 g/mol. The molecule has 0 fully saturated rings. The lowest BCUT2D eigenvalue weighted by atomic mass is 10.0. The second-order valence-electron chi connectivity index (χ2n) is 6.08. The molecular weight excluding hydrogens is 270 g/mol. The topological polar surface area (TPSA) is 38.3 Å². The maximum absolute atomic E-state index is 12.0. The maximum atomic E-state index is 12.0. The Labute approximate surface area is 125 Å². The van der Waals surface area contributed by atoms with Crippen LogP contribution in [0.1, 0.15) is 44.9 Å². The van der Waals surface area contributed by atoms with Crippen LogP contribution in [-0.4, -0.2) is 28.4 Å². The van der Waals surface area contributed by atoms with Crippen molar-refractivity contribution in [3.05, 3.63) is 29.3 Å². The van der Waals surface area contributed by atoms with Gasteiger partial charge in [0.05, 0.1) is 7.11 Å². The van der Waals surface area contributed by atoms with Gasteiger partial charge in [0, 0.05) is 39.4 Å². The van der Waals surface area contributed by atoms with Crippen LogP contribution in [0.3, 0.4) is 0 Å². The van der Waals surface area contributed by atoms with Crippen molar-refractivity contribution < 1.29 is 8.95 Å². The molecule has 0 saturated heterocycles. The fourth-order valence-electron chi connectivity index (χ4n) is 1.98. The number of nitrogens with one attached hydrogen (secondary N) is 1. The van der Waals surface area contributed by atoms with E-state index < -0.39 is 10.8 Å². The van der Waals surface area contributed by atoms with Crippen LogP contribution in [0.2, 0.25) is 0 Å². The predicted molar refractivity (Wildman–Crippen MR) is 86.9 cm³/mol. The van der Waals surface area contributed by atoms with E-state index in [9.17, 15) is 4.21 Å². The van der Waals surface area contributed by atoms with E-state index in [-0.39, 0.29) is 10.8 Å². The Morgan fingerprint density at radius 3 is 2.55 bits per heavy atom. The predicted octanol–water partition coefficient (Wildman–Crippen LogP) is 3.20. The molecule has 0 saturated carbocycles. The highest BCUT2D eigenvalue weighted by Gasteiger charge is 2.19. The number of rotatable bonds is 6. The molecule has 0 amide bonds. The molecule has 0 radical (unpaired) electrons. The lowest BCUT2D eigenvalue weighted by Gasteiger charge is -2.20. The zero-order valence-electron chi connectivity index (χ0n) is 13.4. The molecule has 0 aliphatic rings. The van der Waals surface area contributed by atoms with Gasteiger partial charge >= 0.3 is 0 Å². The van der Waals surface area contributed by atoms with E-state index in [4.69, 9.17) is 4.74 Å². The zero-order valence-corrected chi connectivity index (χ0v) is 14.3. The average Bonchev–Trinajstić information content (AvgIpc) is 2.37. The quantitative estimate of drug-likeness (QED) is 0.876. The van der Waals surface area contributed by atoms with Crippen molar-refractivity contribution in [1.82, 2.24) is 5.32 Å². The number of hydrogen-bond donors (Lipinski definition) is 1. The van der Waals surface area contributed by atoms with Crippen molar-refractivity contribution in [3.8, 4) is 5.75 Å². The Hall–Kier alpha value is -0.870. The van der Waals surface area contributed by atoms with Crippen molar-refractivity contribution >= 4 is 10.8 Å². The highest BCUT2D eigenvalue weighted by molar-refractivity contribution is 7.86. The Morgan fingerprint density at radius 2 is 2.00 bits per heavy atom. The van der Waals surface area contributed by atoms with Crippen LogP contribution in [0.25, 0.3) is 0 Å². The van der Waals surface area contributed by atoms with Crippen LogP contribution in [0.4, 0.5) is 0 Å². The standard InChI is InChI=1S/C16H27NO2S/c1-12-7-8-15(19-6)14(11-12)13(2)17-9-10-20(18)16(3,4)5/h7-8,11,13,17H,9-10H2,1-6H3/t13-,20-/m1/s1. The van der Waals surface area contributed by atoms with E-state index in [0.717, 1.165) is 17.9 Å². The number of hydrogen-bond acceptors (Lipinski definition) is 3. The monoisotopic (exact) mass is 297 g/mol. The van der Waals surface area contributed by atoms with Gasteiger partial charge in [-0.15, -0.1) is 0 Å². The first-order valence-electron chi connectivity index (χ1n) is 7.02. The summed E-state index contributed by atoms with van der Waals surface area (Å²) in [7, 11) is 0.875. The minimum atomic E-state index is -0.815. The minimum Gasteiger partial charge on any atom is -0.496 e. The molecule has 0 aliphatic heterocycles. The molecule has 0 unspecified atom stereocenters. The molecule has 1 aromatic rings. The summed E-state index contributed by atoms with van der Waals surface area (Å²) < 4.78 is 17.3. The number of ether oxygens (including phenoxy) is 1. The van der Waals surface area contributed by atoms with Crippen LogP contribution in [-0.2, 0) is 10.8 Å². The minimum absolute atomic E-state index is 0.147. The molecule has 0 aliphatic carbocycles. The number of methoxy groups -OCH3 is 1. The highest BCUT2D eigenvalue weighted by atomic mass is 32.2. The summed E-state index contributed by atoms with van der Waals surface area (Å²) in [4.78, 5) is 0. The van der Waals surface area contributed by atoms with Crippen LogP contribution in [0.15, 0.2) is 18.2 Å². The first-order valence-corrected chi connectivity index (χ1v) is 8.34. The molecule has 4 heteroatoms. The van der Waals surface area contributed by atoms with Gasteiger partial charge in [-0.05, 0) is 40.7 Å². The molecule has 2 atom stereocenters. The second kappa shape index (κ2) is 7.23. The van der Waals surface area contributed by atoms with Gasteiger partial charge in [-0.3, -0.25) is 4.21 Å². The SMILES string of the molecule is COc1ccc(C)cc1[C@@H](C)NCC[S@@](=O)C(C)(C)C. The van der Waals surface area contributed by atoms with Crippen LogP contribution < -0.4 is 10.1 Å². The van der Waals surface area contributed by atoms with Crippen molar-refractivity contribution in [2.24, 2.45) is 0 Å². The summed E-state index contributed by atoms with van der Waals surface area (Å²) >= 11 is 0. The number of benzene rings is 1. The Balaban J connectivity index is 2.61. The first-order chi connectivity index (χ1) is 9.25. The Kier molecular flexibility index (Phi) is 6.21. The van der Waals surface area contributed by atoms with Crippen molar-refractivity contribution in [1.29, 1.82) is 0 Å². The summed E-state index contributed by atoms with van der Waals surface area (Å²) in [6, 6.07) is 6.36. The molecule has 20 heavy (non-hydrogen) atoms. The van der Waals surface area contributed by atoms with Gasteiger partial charge in [-0.2, -0.15) is 0 Å². The molecule has 1 rings (SSSR count). The van der Waals surface area contributed by atoms with E-state index in [1.54, 1.807) is 7.11 Å². The van der Waals surface area contributed by atoms with E-state index >= 15 is 0 Å². The van der Waals surface area contributed by atoms with Gasteiger partial charge in [0.15, 0.2) is 0 Å². The van der Waals surface area contributed by atoms with Gasteiger partial charge < -0.3 is 10.1 Å². The van der Waals surface area contributed by atoms with Crippen molar-refractivity contribution in [2.75, 3.05) is 19.4 Å². The molecule has 3 nitrogen and oxygen atoms in total. The molecule has 0 heterocycles. The van der Waals surface area contributed by atoms with Crippen molar-refractivity contribution in [3.63, 3.8) is 0 Å². The summed E-state index contributed by atoms with van der Waals surface area (Å²) in [6.45, 7) is 11.0. The van der Waals surface area contributed by atoms with Gasteiger partial charge in [0.25, 0.3) is 0 Å². The van der Waals surface area contributed by atoms with Crippen LogP contribution in [0, 0.1) is 6.92 Å². The van der Waals surface area contributed by atoms with E-state index in [1.165, 1.54) is 5.56 Å². The van der Waals surface area contributed by atoms with Gasteiger partial charge in [-0.1, -0.05) is 17.7 Å². The number of aryl methyl sites for hydroxylation is 1. The van der Waals surface area contributed by atoms with E-state index in [0.29, 0.717) is 5.75 Å². The second-order valence-corrected chi connectivity index (χ2v) is 8.41. The van der Waals surface area contributed by atoms with E-state index in [1.807, 2.05) is 32.9 Å². The Morgan fingerprint density at radius 1 is 1.35 bits per heavy atom. The van der Waals surface area contributed by atoms with Gasteiger partial charge in [0.1, 0.15) is 5.75 Å². The fraction of sp³-hybridized carbons (Fsp3) is 0.625. The van der Waals surface area contributed by atoms with Crippen molar-refractivity contribution in [2.45, 2.75) is 45.4 Å².